The van der Waals surface area contributed by atoms with Gasteiger partial charge in [-0.2, -0.15) is 0 Å². The Morgan fingerprint density at radius 3 is 3.33 bits per heavy atom. The van der Waals surface area contributed by atoms with Crippen LogP contribution in [0.3, 0.4) is 0 Å². The fraction of sp³-hybridized carbons (Fsp3) is 0.455. The van der Waals surface area contributed by atoms with E-state index in [0.29, 0.717) is 13.0 Å². The second-order valence-electron chi connectivity index (χ2n) is 3.61. The first-order chi connectivity index (χ1) is 7.31. The third-order valence-corrected chi connectivity index (χ3v) is 2.58. The van der Waals surface area contributed by atoms with Crippen LogP contribution in [0, 0.1) is 0 Å². The predicted octanol–water partition coefficient (Wildman–Crippen LogP) is 1.25. The van der Waals surface area contributed by atoms with Gasteiger partial charge in [0.1, 0.15) is 5.82 Å². The number of anilines is 1. The molecule has 0 saturated heterocycles. The Hall–Kier alpha value is -1.58. The van der Waals surface area contributed by atoms with E-state index in [-0.39, 0.29) is 5.91 Å². The number of carbonyl (C=O) groups is 1. The normalized spacial score (nSPS) is 15.1. The van der Waals surface area contributed by atoms with Crippen molar-refractivity contribution in [2.24, 2.45) is 0 Å². The molecule has 1 N–H and O–H groups in total. The zero-order valence-electron chi connectivity index (χ0n) is 8.86. The zero-order valence-corrected chi connectivity index (χ0v) is 8.86. The van der Waals surface area contributed by atoms with Gasteiger partial charge in [0.25, 0.3) is 0 Å². The van der Waals surface area contributed by atoms with E-state index in [1.54, 1.807) is 6.20 Å². The van der Waals surface area contributed by atoms with Crippen molar-refractivity contribution in [3.8, 4) is 0 Å². The van der Waals surface area contributed by atoms with Crippen molar-refractivity contribution < 1.29 is 4.79 Å². The number of pyridine rings is 1. The van der Waals surface area contributed by atoms with Crippen LogP contribution in [0.5, 0.6) is 0 Å². The average Bonchev–Trinajstić information content (AvgIpc) is 2.49. The molecule has 2 heterocycles. The number of fused-ring (bicyclic) bond motifs is 1. The molecule has 80 valence electrons. The molecule has 0 aromatic carbocycles. The van der Waals surface area contributed by atoms with E-state index in [0.717, 1.165) is 24.5 Å². The van der Waals surface area contributed by atoms with E-state index in [1.807, 2.05) is 24.0 Å². The number of rotatable bonds is 1. The van der Waals surface area contributed by atoms with Crippen LogP contribution >= 0.6 is 0 Å². The van der Waals surface area contributed by atoms with Crippen molar-refractivity contribution in [2.75, 3.05) is 18.4 Å². The molecule has 0 aliphatic carbocycles. The van der Waals surface area contributed by atoms with Gasteiger partial charge in [0, 0.05) is 37.8 Å². The van der Waals surface area contributed by atoms with Crippen molar-refractivity contribution in [3.63, 3.8) is 0 Å². The van der Waals surface area contributed by atoms with Gasteiger partial charge < -0.3 is 10.2 Å². The molecule has 2 rings (SSSR count). The Kier molecular flexibility index (Phi) is 2.85. The molecule has 0 bridgehead atoms. The van der Waals surface area contributed by atoms with E-state index in [4.69, 9.17) is 0 Å². The van der Waals surface area contributed by atoms with E-state index in [1.165, 1.54) is 0 Å². The third kappa shape index (κ3) is 2.09. The molecular formula is C11H15N3O. The number of carbonyl (C=O) groups excluding carboxylic acids is 1. The molecule has 1 amide bonds. The smallest absolute Gasteiger partial charge is 0.222 e. The highest BCUT2D eigenvalue weighted by atomic mass is 16.2. The summed E-state index contributed by atoms with van der Waals surface area (Å²) in [6, 6.07) is 3.91. The van der Waals surface area contributed by atoms with E-state index >= 15 is 0 Å². The fourth-order valence-corrected chi connectivity index (χ4v) is 1.76. The van der Waals surface area contributed by atoms with Crippen LogP contribution in [0.25, 0.3) is 0 Å². The van der Waals surface area contributed by atoms with Gasteiger partial charge >= 0.3 is 0 Å². The maximum Gasteiger partial charge on any atom is 0.222 e. The maximum absolute atomic E-state index is 11.6. The molecule has 0 radical (unpaired) electrons. The average molecular weight is 205 g/mol. The minimum absolute atomic E-state index is 0.202. The lowest BCUT2D eigenvalue weighted by atomic mass is 10.2. The quantitative estimate of drug-likeness (QED) is 0.750. The molecule has 1 aliphatic rings. The maximum atomic E-state index is 11.6. The van der Waals surface area contributed by atoms with Crippen LogP contribution in [0.15, 0.2) is 18.3 Å². The van der Waals surface area contributed by atoms with Crippen LogP contribution in [-0.4, -0.2) is 28.9 Å². The van der Waals surface area contributed by atoms with Crippen LogP contribution in [0.2, 0.25) is 0 Å². The minimum atomic E-state index is 0.202. The van der Waals surface area contributed by atoms with Gasteiger partial charge in [-0.15, -0.1) is 0 Å². The minimum Gasteiger partial charge on any atom is -0.368 e. The van der Waals surface area contributed by atoms with Gasteiger partial charge in [-0.25, -0.2) is 4.98 Å². The van der Waals surface area contributed by atoms with Crippen molar-refractivity contribution in [2.45, 2.75) is 19.9 Å². The number of nitrogens with zero attached hydrogens (tertiary/aromatic N) is 2. The van der Waals surface area contributed by atoms with Gasteiger partial charge in [0.2, 0.25) is 5.91 Å². The van der Waals surface area contributed by atoms with Crippen molar-refractivity contribution >= 4 is 11.7 Å². The van der Waals surface area contributed by atoms with E-state index < -0.39 is 0 Å². The van der Waals surface area contributed by atoms with Crippen LogP contribution in [0.4, 0.5) is 5.82 Å². The summed E-state index contributed by atoms with van der Waals surface area (Å²) < 4.78 is 0. The molecule has 1 aromatic heterocycles. The van der Waals surface area contributed by atoms with Crippen molar-refractivity contribution in [1.29, 1.82) is 0 Å². The first kappa shape index (κ1) is 9.96. The lowest BCUT2D eigenvalue weighted by Crippen LogP contribution is -2.31. The standard InChI is InChI=1S/C11H15N3O/c1-2-10(15)14-7-6-13-11-9(8-14)4-3-5-12-11/h3-5H,2,6-8H2,1H3,(H,12,13). The summed E-state index contributed by atoms with van der Waals surface area (Å²) in [6.45, 7) is 4.09. The lowest BCUT2D eigenvalue weighted by Gasteiger charge is -2.19. The lowest BCUT2D eigenvalue weighted by molar-refractivity contribution is -0.131. The highest BCUT2D eigenvalue weighted by Crippen LogP contribution is 2.17. The largest absolute Gasteiger partial charge is 0.368 e. The van der Waals surface area contributed by atoms with Gasteiger partial charge in [0.15, 0.2) is 0 Å². The van der Waals surface area contributed by atoms with Crippen LogP contribution < -0.4 is 5.32 Å². The van der Waals surface area contributed by atoms with Gasteiger partial charge in [-0.05, 0) is 6.07 Å². The molecule has 4 nitrogen and oxygen atoms in total. The summed E-state index contributed by atoms with van der Waals surface area (Å²) >= 11 is 0. The Morgan fingerprint density at radius 1 is 1.67 bits per heavy atom. The number of nitrogens with one attached hydrogen (secondary N) is 1. The summed E-state index contributed by atoms with van der Waals surface area (Å²) in [5.74, 6) is 1.11. The molecule has 0 fully saturated rings. The second kappa shape index (κ2) is 4.29. The Bertz CT molecular complexity index is 365. The van der Waals surface area contributed by atoms with Gasteiger partial charge in [-0.3, -0.25) is 4.79 Å². The van der Waals surface area contributed by atoms with Crippen LogP contribution in [-0.2, 0) is 11.3 Å². The molecule has 15 heavy (non-hydrogen) atoms. The summed E-state index contributed by atoms with van der Waals surface area (Å²) in [6.07, 6.45) is 2.33. The third-order valence-electron chi connectivity index (χ3n) is 2.58. The molecule has 4 heteroatoms. The highest BCUT2D eigenvalue weighted by Gasteiger charge is 2.17. The Balaban J connectivity index is 2.21. The molecule has 0 spiro atoms. The number of hydrogen-bond donors (Lipinski definition) is 1. The molecule has 0 atom stereocenters. The van der Waals surface area contributed by atoms with Crippen molar-refractivity contribution in [1.82, 2.24) is 9.88 Å². The molecule has 0 unspecified atom stereocenters. The number of amides is 1. The number of hydrogen-bond acceptors (Lipinski definition) is 3. The fourth-order valence-electron chi connectivity index (χ4n) is 1.76. The SMILES string of the molecule is CCC(=O)N1CCNc2ncccc2C1. The Labute approximate surface area is 89.3 Å². The van der Waals surface area contributed by atoms with E-state index in [9.17, 15) is 4.79 Å². The monoisotopic (exact) mass is 205 g/mol. The summed E-state index contributed by atoms with van der Waals surface area (Å²) in [5.41, 5.74) is 1.09. The van der Waals surface area contributed by atoms with E-state index in [2.05, 4.69) is 10.3 Å². The molecule has 1 aliphatic heterocycles. The van der Waals surface area contributed by atoms with Gasteiger partial charge in [0.05, 0.1) is 0 Å². The zero-order chi connectivity index (χ0) is 10.7. The number of aromatic nitrogens is 1. The topological polar surface area (TPSA) is 45.2 Å². The molecule has 1 aromatic rings. The highest BCUT2D eigenvalue weighted by molar-refractivity contribution is 5.76. The summed E-state index contributed by atoms with van der Waals surface area (Å²) in [4.78, 5) is 17.7. The first-order valence-electron chi connectivity index (χ1n) is 5.27. The predicted molar refractivity (Wildman–Crippen MR) is 58.4 cm³/mol. The first-order valence-corrected chi connectivity index (χ1v) is 5.27. The molecule has 0 saturated carbocycles. The van der Waals surface area contributed by atoms with Crippen molar-refractivity contribution in [3.05, 3.63) is 23.9 Å². The molecular weight excluding hydrogens is 190 g/mol. The van der Waals surface area contributed by atoms with Gasteiger partial charge in [-0.1, -0.05) is 13.0 Å². The summed E-state index contributed by atoms with van der Waals surface area (Å²) in [7, 11) is 0. The van der Waals surface area contributed by atoms with Crippen LogP contribution in [0.1, 0.15) is 18.9 Å². The second-order valence-corrected chi connectivity index (χ2v) is 3.61. The summed E-state index contributed by atoms with van der Waals surface area (Å²) in [5, 5.41) is 3.23. The Morgan fingerprint density at radius 2 is 2.53 bits per heavy atom.